The highest BCUT2D eigenvalue weighted by atomic mass is 16.6. The summed E-state index contributed by atoms with van der Waals surface area (Å²) in [6.45, 7) is 7.09. The van der Waals surface area contributed by atoms with Crippen molar-refractivity contribution in [3.05, 3.63) is 52.1 Å². The van der Waals surface area contributed by atoms with Crippen molar-refractivity contribution < 1.29 is 9.53 Å². The Bertz CT molecular complexity index is 1100. The van der Waals surface area contributed by atoms with Crippen molar-refractivity contribution in [2.45, 2.75) is 51.7 Å². The van der Waals surface area contributed by atoms with Gasteiger partial charge in [-0.1, -0.05) is 35.5 Å². The van der Waals surface area contributed by atoms with Gasteiger partial charge in [0.25, 0.3) is 5.56 Å². The van der Waals surface area contributed by atoms with Gasteiger partial charge in [0.05, 0.1) is 6.54 Å². The summed E-state index contributed by atoms with van der Waals surface area (Å²) in [6, 6.07) is 9.83. The van der Waals surface area contributed by atoms with Crippen LogP contribution in [0.3, 0.4) is 0 Å². The lowest BCUT2D eigenvalue weighted by atomic mass is 9.97. The number of carbonyl (C=O) groups is 1. The fraction of sp³-hybridized carbons (Fsp3) is 0.476. The molecule has 1 aliphatic heterocycles. The molecule has 158 valence electrons. The van der Waals surface area contributed by atoms with Gasteiger partial charge < -0.3 is 14.6 Å². The Morgan fingerprint density at radius 3 is 2.77 bits per heavy atom. The van der Waals surface area contributed by atoms with Gasteiger partial charge in [-0.05, 0) is 39.2 Å². The van der Waals surface area contributed by atoms with Gasteiger partial charge in [-0.2, -0.15) is 0 Å². The first-order valence-electron chi connectivity index (χ1n) is 10.2. The highest BCUT2D eigenvalue weighted by Crippen LogP contribution is 2.26. The van der Waals surface area contributed by atoms with Crippen LogP contribution in [0.25, 0.3) is 11.2 Å². The molecule has 1 amide bonds. The molecule has 1 fully saturated rings. The molecule has 0 aliphatic carbocycles. The maximum Gasteiger partial charge on any atom is 0.410 e. The number of ether oxygens (including phenoxy) is 1. The van der Waals surface area contributed by atoms with Crippen LogP contribution >= 0.6 is 0 Å². The molecule has 9 nitrogen and oxygen atoms in total. The van der Waals surface area contributed by atoms with Crippen LogP contribution in [-0.2, 0) is 11.3 Å². The van der Waals surface area contributed by atoms with Crippen molar-refractivity contribution >= 4 is 17.3 Å². The minimum absolute atomic E-state index is 0.0801. The minimum atomic E-state index is -0.550. The summed E-state index contributed by atoms with van der Waals surface area (Å²) >= 11 is 0. The molecule has 0 saturated carbocycles. The molecule has 3 heterocycles. The Kier molecular flexibility index (Phi) is 5.27. The van der Waals surface area contributed by atoms with Crippen LogP contribution in [-0.4, -0.2) is 54.6 Å². The Hall–Kier alpha value is -3.23. The molecule has 1 saturated heterocycles. The van der Waals surface area contributed by atoms with Gasteiger partial charge in [0.15, 0.2) is 11.2 Å². The van der Waals surface area contributed by atoms with Gasteiger partial charge in [-0.25, -0.2) is 14.5 Å². The molecule has 1 atom stereocenters. The van der Waals surface area contributed by atoms with Crippen LogP contribution in [0.4, 0.5) is 4.79 Å². The predicted molar refractivity (Wildman–Crippen MR) is 111 cm³/mol. The van der Waals surface area contributed by atoms with Crippen LogP contribution < -0.4 is 5.56 Å². The van der Waals surface area contributed by atoms with Crippen molar-refractivity contribution in [2.75, 3.05) is 13.1 Å². The number of benzene rings is 1. The third-order valence-electron chi connectivity index (χ3n) is 5.03. The average molecular weight is 410 g/mol. The lowest BCUT2D eigenvalue weighted by Crippen LogP contribution is -2.42. The summed E-state index contributed by atoms with van der Waals surface area (Å²) < 4.78 is 7.14. The zero-order chi connectivity index (χ0) is 21.3. The number of hydrogen-bond acceptors (Lipinski definition) is 6. The number of H-pyrrole nitrogens is 1. The molecule has 0 bridgehead atoms. The lowest BCUT2D eigenvalue weighted by molar-refractivity contribution is 0.0196. The van der Waals surface area contributed by atoms with E-state index in [-0.39, 0.29) is 23.1 Å². The number of aromatic nitrogens is 5. The first kappa shape index (κ1) is 20.1. The van der Waals surface area contributed by atoms with E-state index in [0.717, 1.165) is 18.4 Å². The van der Waals surface area contributed by atoms with Crippen molar-refractivity contribution in [2.24, 2.45) is 0 Å². The molecule has 1 unspecified atom stereocenters. The third kappa shape index (κ3) is 4.34. The van der Waals surface area contributed by atoms with E-state index in [1.807, 2.05) is 51.1 Å². The topological polar surface area (TPSA) is 106 Å². The van der Waals surface area contributed by atoms with E-state index < -0.39 is 5.60 Å². The zero-order valence-corrected chi connectivity index (χ0v) is 17.5. The van der Waals surface area contributed by atoms with Crippen molar-refractivity contribution in [1.29, 1.82) is 0 Å². The summed E-state index contributed by atoms with van der Waals surface area (Å²) in [7, 11) is 0. The molecular weight excluding hydrogens is 384 g/mol. The van der Waals surface area contributed by atoms with E-state index in [4.69, 9.17) is 4.74 Å². The quantitative estimate of drug-likeness (QED) is 0.712. The largest absolute Gasteiger partial charge is 0.444 e. The molecule has 9 heteroatoms. The third-order valence-corrected chi connectivity index (χ3v) is 5.03. The van der Waals surface area contributed by atoms with Gasteiger partial charge in [0.1, 0.15) is 11.4 Å². The van der Waals surface area contributed by atoms with Gasteiger partial charge in [0.2, 0.25) is 0 Å². The standard InChI is InChI=1S/C21H26N6O3/c1-21(2,3)30-20(29)26-11-7-10-15(13-26)17-22-18-16(19(28)23-17)24-25-27(18)12-14-8-5-4-6-9-14/h4-6,8-9,15H,7,10-13H2,1-3H3,(H,22,23,28). The molecule has 1 aliphatic rings. The molecule has 2 aromatic heterocycles. The Morgan fingerprint density at radius 2 is 2.03 bits per heavy atom. The number of nitrogens with zero attached hydrogens (tertiary/aromatic N) is 5. The van der Waals surface area contributed by atoms with E-state index in [2.05, 4.69) is 20.3 Å². The molecule has 30 heavy (non-hydrogen) atoms. The first-order valence-corrected chi connectivity index (χ1v) is 10.2. The number of hydrogen-bond donors (Lipinski definition) is 1. The zero-order valence-electron chi connectivity index (χ0n) is 17.5. The van der Waals surface area contributed by atoms with E-state index in [1.54, 1.807) is 9.58 Å². The number of piperidine rings is 1. The molecule has 1 aromatic carbocycles. The van der Waals surface area contributed by atoms with Crippen molar-refractivity contribution in [1.82, 2.24) is 29.9 Å². The Balaban J connectivity index is 1.60. The highest BCUT2D eigenvalue weighted by Gasteiger charge is 2.30. The molecular formula is C21H26N6O3. The van der Waals surface area contributed by atoms with E-state index in [1.165, 1.54) is 0 Å². The number of fused-ring (bicyclic) bond motifs is 1. The summed E-state index contributed by atoms with van der Waals surface area (Å²) in [5.41, 5.74) is 0.845. The van der Waals surface area contributed by atoms with E-state index in [0.29, 0.717) is 31.1 Å². The van der Waals surface area contributed by atoms with Crippen LogP contribution in [0.2, 0.25) is 0 Å². The number of rotatable bonds is 3. The fourth-order valence-electron chi connectivity index (χ4n) is 3.63. The van der Waals surface area contributed by atoms with Crippen molar-refractivity contribution in [3.63, 3.8) is 0 Å². The summed E-state index contributed by atoms with van der Waals surface area (Å²) in [6.07, 6.45) is 1.30. The minimum Gasteiger partial charge on any atom is -0.444 e. The first-order chi connectivity index (χ1) is 14.3. The normalized spacial score (nSPS) is 17.3. The smallest absolute Gasteiger partial charge is 0.410 e. The maximum atomic E-state index is 12.6. The van der Waals surface area contributed by atoms with E-state index >= 15 is 0 Å². The second kappa shape index (κ2) is 7.89. The summed E-state index contributed by atoms with van der Waals surface area (Å²) in [4.78, 5) is 34.3. The second-order valence-corrected chi connectivity index (χ2v) is 8.62. The SMILES string of the molecule is CC(C)(C)OC(=O)N1CCCC(c2nc3c(nnn3Cc3ccccc3)c(=O)[nH]2)C1. The fourth-order valence-corrected chi connectivity index (χ4v) is 3.63. The maximum absolute atomic E-state index is 12.6. The summed E-state index contributed by atoms with van der Waals surface area (Å²) in [5, 5.41) is 8.13. The van der Waals surface area contributed by atoms with Crippen molar-refractivity contribution in [3.8, 4) is 0 Å². The number of nitrogens with one attached hydrogen (secondary N) is 1. The summed E-state index contributed by atoms with van der Waals surface area (Å²) in [5.74, 6) is 0.473. The number of aromatic amines is 1. The molecule has 4 rings (SSSR count). The van der Waals surface area contributed by atoms with Gasteiger partial charge >= 0.3 is 6.09 Å². The van der Waals surface area contributed by atoms with Gasteiger partial charge in [-0.3, -0.25) is 4.79 Å². The van der Waals surface area contributed by atoms with Crippen LogP contribution in [0.1, 0.15) is 50.9 Å². The monoisotopic (exact) mass is 410 g/mol. The Morgan fingerprint density at radius 1 is 1.27 bits per heavy atom. The van der Waals surface area contributed by atoms with Gasteiger partial charge in [0, 0.05) is 19.0 Å². The number of amides is 1. The number of likely N-dealkylation sites (tertiary alicyclic amines) is 1. The van der Waals surface area contributed by atoms with E-state index in [9.17, 15) is 9.59 Å². The lowest BCUT2D eigenvalue weighted by Gasteiger charge is -2.33. The van der Waals surface area contributed by atoms with Gasteiger partial charge in [-0.15, -0.1) is 5.10 Å². The second-order valence-electron chi connectivity index (χ2n) is 8.62. The molecule has 1 N–H and O–H groups in total. The Labute approximate surface area is 174 Å². The predicted octanol–water partition coefficient (Wildman–Crippen LogP) is 2.68. The molecule has 0 spiro atoms. The average Bonchev–Trinajstić information content (AvgIpc) is 3.11. The molecule has 0 radical (unpaired) electrons. The highest BCUT2D eigenvalue weighted by molar-refractivity contribution is 5.69. The van der Waals surface area contributed by atoms with Crippen LogP contribution in [0.15, 0.2) is 35.1 Å². The number of carbonyl (C=O) groups excluding carboxylic acids is 1. The van der Waals surface area contributed by atoms with Crippen LogP contribution in [0, 0.1) is 0 Å². The molecule has 3 aromatic rings. The van der Waals surface area contributed by atoms with Crippen LogP contribution in [0.5, 0.6) is 0 Å².